The molecule has 11 heavy (non-hydrogen) atoms. The van der Waals surface area contributed by atoms with Crippen molar-refractivity contribution in [1.82, 2.24) is 0 Å². The van der Waals surface area contributed by atoms with Crippen molar-refractivity contribution in [3.8, 4) is 0 Å². The van der Waals surface area contributed by atoms with Crippen LogP contribution < -0.4 is 0 Å². The Morgan fingerprint density at radius 2 is 1.82 bits per heavy atom. The maximum absolute atomic E-state index is 3.66. The first-order valence-electron chi connectivity index (χ1n) is 4.62. The van der Waals surface area contributed by atoms with Gasteiger partial charge in [-0.2, -0.15) is 0 Å². The molecule has 0 aromatic rings. The summed E-state index contributed by atoms with van der Waals surface area (Å²) in [6.45, 7) is 6.65. The third-order valence-electron chi connectivity index (χ3n) is 2.08. The lowest BCUT2D eigenvalue weighted by Gasteiger charge is -2.04. The molecule has 0 spiro atoms. The van der Waals surface area contributed by atoms with Gasteiger partial charge in [-0.1, -0.05) is 37.5 Å². The Hall–Kier alpha value is -0.0431. The molecular formula is C10H19Si. The van der Waals surface area contributed by atoms with Crippen LogP contribution in [0.15, 0.2) is 10.8 Å². The normalized spacial score (nSPS) is 13.1. The molecule has 0 atom stereocenters. The SMILES string of the molecule is CCCCCC([Si])=C(C)CC. The highest BCUT2D eigenvalue weighted by Gasteiger charge is 1.94. The van der Waals surface area contributed by atoms with E-state index in [4.69, 9.17) is 0 Å². The minimum atomic E-state index is 1.17. The number of allylic oxidation sites excluding steroid dienone is 2. The molecule has 0 aromatic heterocycles. The van der Waals surface area contributed by atoms with E-state index in [0.29, 0.717) is 0 Å². The summed E-state index contributed by atoms with van der Waals surface area (Å²) in [5, 5.41) is 1.42. The highest BCUT2D eigenvalue weighted by Crippen LogP contribution is 2.12. The van der Waals surface area contributed by atoms with Gasteiger partial charge in [0.1, 0.15) is 0 Å². The fourth-order valence-corrected chi connectivity index (χ4v) is 1.33. The number of rotatable bonds is 5. The van der Waals surface area contributed by atoms with Gasteiger partial charge in [-0.3, -0.25) is 0 Å². The van der Waals surface area contributed by atoms with Crippen LogP contribution in [-0.4, -0.2) is 10.2 Å². The first kappa shape index (κ1) is 11.0. The van der Waals surface area contributed by atoms with Gasteiger partial charge < -0.3 is 0 Å². The maximum Gasteiger partial charge on any atom is 0.0649 e. The van der Waals surface area contributed by atoms with Crippen molar-refractivity contribution in [2.24, 2.45) is 0 Å². The Balaban J connectivity index is 3.58. The molecule has 0 aromatic carbocycles. The third-order valence-corrected chi connectivity index (χ3v) is 2.75. The summed E-state index contributed by atoms with van der Waals surface area (Å²) >= 11 is 0. The van der Waals surface area contributed by atoms with Crippen LogP contribution in [0.3, 0.4) is 0 Å². The number of hydrogen-bond donors (Lipinski definition) is 0. The highest BCUT2D eigenvalue weighted by molar-refractivity contribution is 6.21. The molecule has 0 heterocycles. The Bertz CT molecular complexity index is 125. The minimum Gasteiger partial charge on any atom is -0.0895 e. The van der Waals surface area contributed by atoms with Crippen LogP contribution in [0.2, 0.25) is 0 Å². The van der Waals surface area contributed by atoms with Crippen LogP contribution in [-0.2, 0) is 0 Å². The van der Waals surface area contributed by atoms with Crippen LogP contribution in [0.5, 0.6) is 0 Å². The second kappa shape index (κ2) is 6.65. The zero-order valence-corrected chi connectivity index (χ0v) is 9.04. The molecule has 0 unspecified atom stereocenters. The molecule has 0 fully saturated rings. The van der Waals surface area contributed by atoms with Crippen LogP contribution in [0.4, 0.5) is 0 Å². The van der Waals surface area contributed by atoms with E-state index in [1.165, 1.54) is 42.9 Å². The van der Waals surface area contributed by atoms with Crippen molar-refractivity contribution in [2.45, 2.75) is 52.9 Å². The number of hydrogen-bond acceptors (Lipinski definition) is 0. The van der Waals surface area contributed by atoms with Gasteiger partial charge in [0.05, 0.1) is 10.2 Å². The van der Waals surface area contributed by atoms with Crippen molar-refractivity contribution in [2.75, 3.05) is 0 Å². The molecule has 63 valence electrons. The summed E-state index contributed by atoms with van der Waals surface area (Å²) in [5.74, 6) is 0. The summed E-state index contributed by atoms with van der Waals surface area (Å²) in [4.78, 5) is 0. The van der Waals surface area contributed by atoms with E-state index in [1.54, 1.807) is 0 Å². The second-order valence-electron chi connectivity index (χ2n) is 3.07. The summed E-state index contributed by atoms with van der Waals surface area (Å²) < 4.78 is 0. The third kappa shape index (κ3) is 5.25. The van der Waals surface area contributed by atoms with Crippen molar-refractivity contribution >= 4 is 10.2 Å². The van der Waals surface area contributed by atoms with Gasteiger partial charge in [0.2, 0.25) is 0 Å². The van der Waals surface area contributed by atoms with Crippen molar-refractivity contribution in [3.05, 3.63) is 10.8 Å². The number of unbranched alkanes of at least 4 members (excludes halogenated alkanes) is 2. The van der Waals surface area contributed by atoms with Gasteiger partial charge in [0, 0.05) is 0 Å². The zero-order valence-electron chi connectivity index (χ0n) is 8.04. The molecule has 0 saturated heterocycles. The van der Waals surface area contributed by atoms with Crippen molar-refractivity contribution in [3.63, 3.8) is 0 Å². The molecule has 3 radical (unpaired) electrons. The van der Waals surface area contributed by atoms with Gasteiger partial charge in [-0.05, 0) is 26.2 Å². The van der Waals surface area contributed by atoms with Crippen molar-refractivity contribution in [1.29, 1.82) is 0 Å². The predicted molar refractivity (Wildman–Crippen MR) is 52.9 cm³/mol. The van der Waals surface area contributed by atoms with Gasteiger partial charge in [-0.15, -0.1) is 0 Å². The smallest absolute Gasteiger partial charge is 0.0649 e. The van der Waals surface area contributed by atoms with Gasteiger partial charge in [0.25, 0.3) is 0 Å². The quantitative estimate of drug-likeness (QED) is 0.435. The van der Waals surface area contributed by atoms with E-state index in [9.17, 15) is 0 Å². The van der Waals surface area contributed by atoms with E-state index in [0.717, 1.165) is 0 Å². The minimum absolute atomic E-state index is 1.17. The molecule has 0 saturated carbocycles. The topological polar surface area (TPSA) is 0 Å². The Labute approximate surface area is 74.5 Å². The van der Waals surface area contributed by atoms with Gasteiger partial charge >= 0.3 is 0 Å². The molecular weight excluding hydrogens is 148 g/mol. The molecule has 0 bridgehead atoms. The van der Waals surface area contributed by atoms with E-state index < -0.39 is 0 Å². The molecule has 0 amide bonds. The van der Waals surface area contributed by atoms with E-state index >= 15 is 0 Å². The second-order valence-corrected chi connectivity index (χ2v) is 3.67. The maximum atomic E-state index is 3.66. The van der Waals surface area contributed by atoms with E-state index in [2.05, 4.69) is 31.0 Å². The summed E-state index contributed by atoms with van der Waals surface area (Å²) in [6.07, 6.45) is 6.39. The lowest BCUT2D eigenvalue weighted by molar-refractivity contribution is 0.720. The Kier molecular flexibility index (Phi) is 6.63. The average molecular weight is 167 g/mol. The first-order chi connectivity index (χ1) is 5.22. The molecule has 0 aliphatic rings. The van der Waals surface area contributed by atoms with Crippen molar-refractivity contribution < 1.29 is 0 Å². The van der Waals surface area contributed by atoms with Crippen LogP contribution in [0, 0.1) is 0 Å². The molecule has 0 rings (SSSR count). The first-order valence-corrected chi connectivity index (χ1v) is 5.12. The highest BCUT2D eigenvalue weighted by atomic mass is 28.1. The average Bonchev–Trinajstić information content (AvgIpc) is 2.03. The molecule has 0 N–H and O–H groups in total. The largest absolute Gasteiger partial charge is 0.0895 e. The van der Waals surface area contributed by atoms with Crippen LogP contribution in [0.1, 0.15) is 52.9 Å². The van der Waals surface area contributed by atoms with E-state index in [1.807, 2.05) is 0 Å². The molecule has 0 nitrogen and oxygen atoms in total. The molecule has 1 heteroatoms. The standard InChI is InChI=1S/C10H19Si/c1-4-6-7-8-10(11)9(3)5-2/h4-8H2,1-3H3. The fourth-order valence-electron chi connectivity index (χ4n) is 0.979. The summed E-state index contributed by atoms with van der Waals surface area (Å²) in [5.41, 5.74) is 1.50. The molecule has 0 aliphatic heterocycles. The summed E-state index contributed by atoms with van der Waals surface area (Å²) in [6, 6.07) is 0. The lowest BCUT2D eigenvalue weighted by atomic mass is 10.1. The molecule has 0 aliphatic carbocycles. The lowest BCUT2D eigenvalue weighted by Crippen LogP contribution is -1.88. The summed E-state index contributed by atoms with van der Waals surface area (Å²) in [7, 11) is 3.66. The Morgan fingerprint density at radius 3 is 2.27 bits per heavy atom. The van der Waals surface area contributed by atoms with Gasteiger partial charge in [0.15, 0.2) is 0 Å². The van der Waals surface area contributed by atoms with Crippen LogP contribution >= 0.6 is 0 Å². The van der Waals surface area contributed by atoms with E-state index in [-0.39, 0.29) is 0 Å². The van der Waals surface area contributed by atoms with Crippen LogP contribution in [0.25, 0.3) is 0 Å². The predicted octanol–water partition coefficient (Wildman–Crippen LogP) is 3.42. The van der Waals surface area contributed by atoms with Gasteiger partial charge in [-0.25, -0.2) is 0 Å². The fraction of sp³-hybridized carbons (Fsp3) is 0.800. The zero-order chi connectivity index (χ0) is 8.69. The Morgan fingerprint density at radius 1 is 1.18 bits per heavy atom. The monoisotopic (exact) mass is 167 g/mol.